The maximum atomic E-state index is 10.8. The van der Waals surface area contributed by atoms with Crippen molar-refractivity contribution in [2.75, 3.05) is 6.54 Å². The van der Waals surface area contributed by atoms with Gasteiger partial charge in [0.25, 0.3) is 0 Å². The second-order valence-corrected chi connectivity index (χ2v) is 2.56. The van der Waals surface area contributed by atoms with Crippen LogP contribution in [0.25, 0.3) is 0 Å². The lowest BCUT2D eigenvalue weighted by atomic mass is 9.89. The number of carbonyl (C=O) groups excluding carboxylic acids is 1. The molecule has 0 aromatic carbocycles. The molecule has 1 amide bonds. The van der Waals surface area contributed by atoms with Crippen LogP contribution in [0, 0.1) is 0 Å². The number of hydrogen-bond donors (Lipinski definition) is 1. The van der Waals surface area contributed by atoms with Gasteiger partial charge >= 0.3 is 0 Å². The van der Waals surface area contributed by atoms with Gasteiger partial charge in [-0.05, 0) is 12.8 Å². The monoisotopic (exact) mass is 124 g/mol. The minimum atomic E-state index is -0.306. The summed E-state index contributed by atoms with van der Waals surface area (Å²) in [6, 6.07) is 0. The van der Waals surface area contributed by atoms with Crippen molar-refractivity contribution >= 4 is 12.1 Å². The van der Waals surface area contributed by atoms with E-state index >= 15 is 0 Å². The number of rotatable bonds is 0. The fraction of sp³-hybridized carbons (Fsp3) is 0.667. The Balaban J connectivity index is 2.25. The summed E-state index contributed by atoms with van der Waals surface area (Å²) in [6.07, 6.45) is 3.73. The molecule has 0 bridgehead atoms. The van der Waals surface area contributed by atoms with E-state index in [2.05, 4.69) is 10.3 Å². The molecule has 1 atom stereocenters. The lowest BCUT2D eigenvalue weighted by molar-refractivity contribution is -0.132. The van der Waals surface area contributed by atoms with Crippen molar-refractivity contribution in [2.24, 2.45) is 4.99 Å². The number of hydrogen-bond acceptors (Lipinski definition) is 2. The van der Waals surface area contributed by atoms with Gasteiger partial charge in [-0.1, -0.05) is 0 Å². The number of nitrogens with zero attached hydrogens (tertiary/aromatic N) is 1. The summed E-state index contributed by atoms with van der Waals surface area (Å²) >= 11 is 0. The van der Waals surface area contributed by atoms with Gasteiger partial charge in [-0.15, -0.1) is 0 Å². The molecule has 2 aliphatic rings. The van der Waals surface area contributed by atoms with Crippen LogP contribution in [0.3, 0.4) is 0 Å². The summed E-state index contributed by atoms with van der Waals surface area (Å²) < 4.78 is 0. The third-order valence-corrected chi connectivity index (χ3v) is 1.99. The van der Waals surface area contributed by atoms with Crippen LogP contribution in [0.15, 0.2) is 4.99 Å². The first-order chi connectivity index (χ1) is 4.33. The smallest absolute Gasteiger partial charge is 0.249 e. The molecule has 3 nitrogen and oxygen atoms in total. The van der Waals surface area contributed by atoms with E-state index in [0.717, 1.165) is 19.4 Å². The highest BCUT2D eigenvalue weighted by atomic mass is 16.2. The van der Waals surface area contributed by atoms with E-state index in [4.69, 9.17) is 0 Å². The van der Waals surface area contributed by atoms with Crippen LogP contribution < -0.4 is 5.32 Å². The second kappa shape index (κ2) is 1.35. The summed E-state index contributed by atoms with van der Waals surface area (Å²) in [4.78, 5) is 14.9. The Morgan fingerprint density at radius 1 is 1.78 bits per heavy atom. The van der Waals surface area contributed by atoms with E-state index in [0.29, 0.717) is 0 Å². The maximum Gasteiger partial charge on any atom is 0.249 e. The van der Waals surface area contributed by atoms with Crippen molar-refractivity contribution in [2.45, 2.75) is 18.4 Å². The van der Waals surface area contributed by atoms with Gasteiger partial charge in [-0.2, -0.15) is 0 Å². The van der Waals surface area contributed by atoms with Gasteiger partial charge in [-0.3, -0.25) is 9.79 Å². The standard InChI is InChI=1S/C6H8N2O/c9-5-6(4-7-5)2-1-3-8-6/h3H,1-2,4H2,(H,7,9). The molecule has 0 aromatic rings. The average molecular weight is 124 g/mol. The molecular formula is C6H8N2O. The minimum Gasteiger partial charge on any atom is -0.351 e. The molecule has 2 heterocycles. The number of amides is 1. The van der Waals surface area contributed by atoms with Gasteiger partial charge in [0.1, 0.15) is 0 Å². The van der Waals surface area contributed by atoms with Crippen molar-refractivity contribution in [1.82, 2.24) is 5.32 Å². The molecule has 1 spiro atoms. The first-order valence-corrected chi connectivity index (χ1v) is 3.15. The average Bonchev–Trinajstić information content (AvgIpc) is 2.34. The molecule has 9 heavy (non-hydrogen) atoms. The Morgan fingerprint density at radius 2 is 2.67 bits per heavy atom. The predicted octanol–water partition coefficient (Wildman–Crippen LogP) is -0.280. The fourth-order valence-electron chi connectivity index (χ4n) is 1.28. The number of β-lactam (4-membered cyclic amide) rings is 1. The maximum absolute atomic E-state index is 10.8. The van der Waals surface area contributed by atoms with Crippen LogP contribution in [0.2, 0.25) is 0 Å². The van der Waals surface area contributed by atoms with Crippen molar-refractivity contribution in [3.63, 3.8) is 0 Å². The van der Waals surface area contributed by atoms with Gasteiger partial charge in [0, 0.05) is 6.21 Å². The Labute approximate surface area is 53.2 Å². The first-order valence-electron chi connectivity index (χ1n) is 3.15. The van der Waals surface area contributed by atoms with Crippen molar-refractivity contribution in [3.8, 4) is 0 Å². The van der Waals surface area contributed by atoms with Crippen molar-refractivity contribution in [3.05, 3.63) is 0 Å². The highest BCUT2D eigenvalue weighted by Crippen LogP contribution is 2.27. The summed E-state index contributed by atoms with van der Waals surface area (Å²) in [5.74, 6) is 0.108. The van der Waals surface area contributed by atoms with E-state index < -0.39 is 0 Å². The fourth-order valence-corrected chi connectivity index (χ4v) is 1.28. The molecule has 1 fully saturated rings. The summed E-state index contributed by atoms with van der Waals surface area (Å²) in [5.41, 5.74) is -0.306. The summed E-state index contributed by atoms with van der Waals surface area (Å²) in [6.45, 7) is 0.752. The van der Waals surface area contributed by atoms with Crippen LogP contribution in [0.4, 0.5) is 0 Å². The zero-order chi connectivity index (χ0) is 6.32. The molecule has 0 radical (unpaired) electrons. The first kappa shape index (κ1) is 4.97. The van der Waals surface area contributed by atoms with Crippen LogP contribution in [0.5, 0.6) is 0 Å². The Hall–Kier alpha value is -0.860. The predicted molar refractivity (Wildman–Crippen MR) is 33.5 cm³/mol. The summed E-state index contributed by atoms with van der Waals surface area (Å²) in [7, 11) is 0. The van der Waals surface area contributed by atoms with Crippen molar-refractivity contribution < 1.29 is 4.79 Å². The van der Waals surface area contributed by atoms with Gasteiger partial charge in [0.05, 0.1) is 6.54 Å². The number of nitrogens with one attached hydrogen (secondary N) is 1. The molecule has 1 saturated heterocycles. The summed E-state index contributed by atoms with van der Waals surface area (Å²) in [5, 5.41) is 2.69. The van der Waals surface area contributed by atoms with Gasteiger partial charge in [-0.25, -0.2) is 0 Å². The quantitative estimate of drug-likeness (QED) is 0.443. The van der Waals surface area contributed by atoms with Crippen molar-refractivity contribution in [1.29, 1.82) is 0 Å². The third kappa shape index (κ3) is 0.465. The van der Waals surface area contributed by atoms with Crippen LogP contribution >= 0.6 is 0 Å². The van der Waals surface area contributed by atoms with Gasteiger partial charge in [0.2, 0.25) is 5.91 Å². The Morgan fingerprint density at radius 3 is 2.89 bits per heavy atom. The highest BCUT2D eigenvalue weighted by Gasteiger charge is 2.46. The molecular weight excluding hydrogens is 116 g/mol. The zero-order valence-corrected chi connectivity index (χ0v) is 5.05. The van der Waals surface area contributed by atoms with Crippen LogP contribution in [-0.2, 0) is 4.79 Å². The van der Waals surface area contributed by atoms with E-state index in [9.17, 15) is 4.79 Å². The lowest BCUT2D eigenvalue weighted by Gasteiger charge is -2.34. The molecule has 48 valence electrons. The zero-order valence-electron chi connectivity index (χ0n) is 5.05. The highest BCUT2D eigenvalue weighted by molar-refractivity contribution is 5.95. The molecule has 1 N–H and O–H groups in total. The van der Waals surface area contributed by atoms with Crippen LogP contribution in [-0.4, -0.2) is 24.2 Å². The minimum absolute atomic E-state index is 0.108. The SMILES string of the molecule is O=C1NCC12CCC=N2. The number of carbonyl (C=O) groups is 1. The number of aliphatic imine (C=N–C) groups is 1. The Bertz CT molecular complexity index is 187. The van der Waals surface area contributed by atoms with E-state index in [1.54, 1.807) is 0 Å². The molecule has 0 aliphatic carbocycles. The molecule has 0 saturated carbocycles. The third-order valence-electron chi connectivity index (χ3n) is 1.99. The molecule has 2 rings (SSSR count). The molecule has 1 unspecified atom stereocenters. The molecule has 2 aliphatic heterocycles. The van der Waals surface area contributed by atoms with E-state index in [-0.39, 0.29) is 11.4 Å². The van der Waals surface area contributed by atoms with Gasteiger partial charge in [0.15, 0.2) is 5.54 Å². The second-order valence-electron chi connectivity index (χ2n) is 2.56. The molecule has 0 aromatic heterocycles. The molecule has 3 heteroatoms. The Kier molecular flexibility index (Phi) is 0.743. The lowest BCUT2D eigenvalue weighted by Crippen LogP contribution is -2.62. The topological polar surface area (TPSA) is 41.5 Å². The van der Waals surface area contributed by atoms with E-state index in [1.165, 1.54) is 0 Å². The van der Waals surface area contributed by atoms with E-state index in [1.807, 2.05) is 6.21 Å². The normalized spacial score (nSPS) is 38.9. The van der Waals surface area contributed by atoms with Crippen LogP contribution in [0.1, 0.15) is 12.8 Å². The van der Waals surface area contributed by atoms with Gasteiger partial charge < -0.3 is 5.32 Å². The largest absolute Gasteiger partial charge is 0.351 e.